The zero-order chi connectivity index (χ0) is 21.3. The minimum Gasteiger partial charge on any atom is -0.497 e. The van der Waals surface area contributed by atoms with Crippen LogP contribution in [0.5, 0.6) is 23.3 Å². The standard InChI is InChI=1S/C23H25N3O4/c1-16-15-17(2)25-23(24-16)30-21-8-6-18(7-9-21)26-22(27)5-4-14-29-20-12-10-19(28-3)11-13-20/h6-13,15H,4-5,14H2,1-3H3,(H,26,27). The molecular formula is C23H25N3O4. The average molecular weight is 407 g/mol. The van der Waals surface area contributed by atoms with Gasteiger partial charge in [-0.25, -0.2) is 9.97 Å². The number of hydrogen-bond acceptors (Lipinski definition) is 6. The van der Waals surface area contributed by atoms with E-state index in [1.165, 1.54) is 0 Å². The summed E-state index contributed by atoms with van der Waals surface area (Å²) in [6.45, 7) is 4.24. The summed E-state index contributed by atoms with van der Waals surface area (Å²) in [6, 6.07) is 16.6. The van der Waals surface area contributed by atoms with Crippen LogP contribution in [0.1, 0.15) is 24.2 Å². The lowest BCUT2D eigenvalue weighted by atomic mass is 10.2. The molecule has 7 heteroatoms. The Labute approximate surface area is 176 Å². The molecule has 0 spiro atoms. The van der Waals surface area contributed by atoms with Crippen molar-refractivity contribution in [3.05, 3.63) is 66.0 Å². The molecule has 2 aromatic carbocycles. The summed E-state index contributed by atoms with van der Waals surface area (Å²) in [7, 11) is 1.62. The van der Waals surface area contributed by atoms with Crippen LogP contribution in [0, 0.1) is 13.8 Å². The van der Waals surface area contributed by atoms with E-state index in [1.54, 1.807) is 31.4 Å². The molecular weight excluding hydrogens is 382 g/mol. The van der Waals surface area contributed by atoms with Crippen molar-refractivity contribution in [1.82, 2.24) is 9.97 Å². The lowest BCUT2D eigenvalue weighted by Crippen LogP contribution is -2.12. The maximum absolute atomic E-state index is 12.1. The van der Waals surface area contributed by atoms with Crippen LogP contribution in [-0.4, -0.2) is 29.6 Å². The van der Waals surface area contributed by atoms with E-state index in [9.17, 15) is 4.79 Å². The summed E-state index contributed by atoms with van der Waals surface area (Å²) in [5.41, 5.74) is 2.39. The Hall–Kier alpha value is -3.61. The van der Waals surface area contributed by atoms with Gasteiger partial charge in [-0.2, -0.15) is 0 Å². The van der Waals surface area contributed by atoms with E-state index >= 15 is 0 Å². The fourth-order valence-electron chi connectivity index (χ4n) is 2.77. The van der Waals surface area contributed by atoms with Gasteiger partial charge in [0.05, 0.1) is 13.7 Å². The number of carbonyl (C=O) groups excluding carboxylic acids is 1. The number of ether oxygens (including phenoxy) is 3. The van der Waals surface area contributed by atoms with E-state index in [0.717, 1.165) is 22.9 Å². The molecule has 1 amide bonds. The number of aryl methyl sites for hydroxylation is 2. The molecule has 3 aromatic rings. The summed E-state index contributed by atoms with van der Waals surface area (Å²) >= 11 is 0. The van der Waals surface area contributed by atoms with E-state index < -0.39 is 0 Å². The number of carbonyl (C=O) groups is 1. The number of nitrogens with one attached hydrogen (secondary N) is 1. The fraction of sp³-hybridized carbons (Fsp3) is 0.261. The van der Waals surface area contributed by atoms with E-state index in [2.05, 4.69) is 15.3 Å². The van der Waals surface area contributed by atoms with Crippen LogP contribution < -0.4 is 19.5 Å². The minimum absolute atomic E-state index is 0.0698. The molecule has 0 fully saturated rings. The van der Waals surface area contributed by atoms with Crippen LogP contribution in [0.4, 0.5) is 5.69 Å². The van der Waals surface area contributed by atoms with Gasteiger partial charge >= 0.3 is 6.01 Å². The van der Waals surface area contributed by atoms with Crippen molar-refractivity contribution in [2.45, 2.75) is 26.7 Å². The molecule has 7 nitrogen and oxygen atoms in total. The van der Waals surface area contributed by atoms with Gasteiger partial charge in [0.25, 0.3) is 0 Å². The number of nitrogens with zero attached hydrogens (tertiary/aromatic N) is 2. The molecule has 30 heavy (non-hydrogen) atoms. The molecule has 1 aromatic heterocycles. The molecule has 0 unspecified atom stereocenters. The van der Waals surface area contributed by atoms with Crippen LogP contribution in [0.3, 0.4) is 0 Å². The van der Waals surface area contributed by atoms with Crippen molar-refractivity contribution in [3.8, 4) is 23.3 Å². The minimum atomic E-state index is -0.0698. The molecule has 0 saturated heterocycles. The van der Waals surface area contributed by atoms with E-state index in [4.69, 9.17) is 14.2 Å². The predicted molar refractivity (Wildman–Crippen MR) is 114 cm³/mol. The predicted octanol–water partition coefficient (Wildman–Crippen LogP) is 4.69. The van der Waals surface area contributed by atoms with Crippen molar-refractivity contribution in [2.24, 2.45) is 0 Å². The topological polar surface area (TPSA) is 82.6 Å². The number of rotatable bonds is 9. The first-order valence-electron chi connectivity index (χ1n) is 9.69. The van der Waals surface area contributed by atoms with Crippen LogP contribution in [-0.2, 0) is 4.79 Å². The average Bonchev–Trinajstić information content (AvgIpc) is 2.72. The van der Waals surface area contributed by atoms with Gasteiger partial charge in [0.2, 0.25) is 5.91 Å². The highest BCUT2D eigenvalue weighted by Gasteiger charge is 2.06. The first kappa shape index (κ1) is 21.1. The van der Waals surface area contributed by atoms with Crippen LogP contribution >= 0.6 is 0 Å². The Bertz CT molecular complexity index is 952. The molecule has 0 aliphatic rings. The quantitative estimate of drug-likeness (QED) is 0.518. The van der Waals surface area contributed by atoms with Gasteiger partial charge in [0.15, 0.2) is 0 Å². The Morgan fingerprint density at radius 1 is 0.900 bits per heavy atom. The lowest BCUT2D eigenvalue weighted by Gasteiger charge is -2.09. The van der Waals surface area contributed by atoms with E-state index in [0.29, 0.717) is 36.9 Å². The number of hydrogen-bond donors (Lipinski definition) is 1. The Morgan fingerprint density at radius 3 is 2.13 bits per heavy atom. The third-order valence-corrected chi connectivity index (χ3v) is 4.19. The van der Waals surface area contributed by atoms with Gasteiger partial charge in [-0.1, -0.05) is 0 Å². The molecule has 3 rings (SSSR count). The molecule has 1 heterocycles. The molecule has 0 radical (unpaired) electrons. The largest absolute Gasteiger partial charge is 0.497 e. The maximum atomic E-state index is 12.1. The van der Waals surface area contributed by atoms with Gasteiger partial charge in [-0.05, 0) is 74.9 Å². The smallest absolute Gasteiger partial charge is 0.322 e. The van der Waals surface area contributed by atoms with Gasteiger partial charge in [-0.15, -0.1) is 0 Å². The monoisotopic (exact) mass is 407 g/mol. The third kappa shape index (κ3) is 6.48. The highest BCUT2D eigenvalue weighted by Crippen LogP contribution is 2.21. The van der Waals surface area contributed by atoms with E-state index in [-0.39, 0.29) is 5.91 Å². The van der Waals surface area contributed by atoms with Crippen LogP contribution in [0.15, 0.2) is 54.6 Å². The second-order valence-corrected chi connectivity index (χ2v) is 6.74. The Kier molecular flexibility index (Phi) is 7.21. The second kappa shape index (κ2) is 10.2. The summed E-state index contributed by atoms with van der Waals surface area (Å²) < 4.78 is 16.4. The molecule has 156 valence electrons. The van der Waals surface area contributed by atoms with Gasteiger partial charge in [-0.3, -0.25) is 4.79 Å². The SMILES string of the molecule is COc1ccc(OCCCC(=O)Nc2ccc(Oc3nc(C)cc(C)n3)cc2)cc1. The Balaban J connectivity index is 1.41. The van der Waals surface area contributed by atoms with Crippen molar-refractivity contribution in [2.75, 3.05) is 19.0 Å². The van der Waals surface area contributed by atoms with Crippen molar-refractivity contribution in [1.29, 1.82) is 0 Å². The molecule has 1 N–H and O–H groups in total. The molecule has 0 aliphatic heterocycles. The molecule has 0 aliphatic carbocycles. The van der Waals surface area contributed by atoms with Gasteiger partial charge < -0.3 is 19.5 Å². The van der Waals surface area contributed by atoms with E-state index in [1.807, 2.05) is 44.2 Å². The maximum Gasteiger partial charge on any atom is 0.322 e. The second-order valence-electron chi connectivity index (χ2n) is 6.74. The molecule has 0 atom stereocenters. The van der Waals surface area contributed by atoms with Crippen LogP contribution in [0.2, 0.25) is 0 Å². The summed E-state index contributed by atoms with van der Waals surface area (Å²) in [6.07, 6.45) is 0.980. The van der Waals surface area contributed by atoms with Crippen molar-refractivity contribution >= 4 is 11.6 Å². The lowest BCUT2D eigenvalue weighted by molar-refractivity contribution is -0.116. The zero-order valence-electron chi connectivity index (χ0n) is 17.3. The summed E-state index contributed by atoms with van der Waals surface area (Å²) in [5, 5.41) is 2.87. The van der Waals surface area contributed by atoms with Crippen LogP contribution in [0.25, 0.3) is 0 Å². The van der Waals surface area contributed by atoms with Crippen molar-refractivity contribution in [3.63, 3.8) is 0 Å². The number of benzene rings is 2. The number of amides is 1. The first-order valence-corrected chi connectivity index (χ1v) is 9.69. The number of methoxy groups -OCH3 is 1. The fourth-order valence-corrected chi connectivity index (χ4v) is 2.77. The summed E-state index contributed by atoms with van der Waals surface area (Å²) in [5.74, 6) is 2.06. The molecule has 0 saturated carbocycles. The highest BCUT2D eigenvalue weighted by molar-refractivity contribution is 5.90. The number of anilines is 1. The normalized spacial score (nSPS) is 10.4. The summed E-state index contributed by atoms with van der Waals surface area (Å²) in [4.78, 5) is 20.6. The highest BCUT2D eigenvalue weighted by atomic mass is 16.5. The molecule has 0 bridgehead atoms. The zero-order valence-corrected chi connectivity index (χ0v) is 17.3. The first-order chi connectivity index (χ1) is 14.5. The third-order valence-electron chi connectivity index (χ3n) is 4.19. The van der Waals surface area contributed by atoms with Crippen molar-refractivity contribution < 1.29 is 19.0 Å². The Morgan fingerprint density at radius 2 is 1.50 bits per heavy atom. The van der Waals surface area contributed by atoms with Gasteiger partial charge in [0.1, 0.15) is 17.2 Å². The van der Waals surface area contributed by atoms with Gasteiger partial charge in [0, 0.05) is 23.5 Å². The number of aromatic nitrogens is 2.